The molecule has 2 atom stereocenters. The van der Waals surface area contributed by atoms with Gasteiger partial charge in [0.2, 0.25) is 5.91 Å². The van der Waals surface area contributed by atoms with Gasteiger partial charge in [-0.3, -0.25) is 9.59 Å². The van der Waals surface area contributed by atoms with Crippen LogP contribution in [-0.2, 0) is 26.5 Å². The Kier molecular flexibility index (Phi) is 5.86. The number of amides is 3. The predicted molar refractivity (Wildman–Crippen MR) is 111 cm³/mol. The Morgan fingerprint density at radius 1 is 1.06 bits per heavy atom. The number of piperidine rings is 1. The minimum Gasteiger partial charge on any atom is -0.444 e. The quantitative estimate of drug-likeness (QED) is 0.702. The van der Waals surface area contributed by atoms with E-state index in [2.05, 4.69) is 0 Å². The summed E-state index contributed by atoms with van der Waals surface area (Å²) in [4.78, 5) is 39.5. The molecule has 11 heteroatoms. The second-order valence-corrected chi connectivity index (χ2v) is 8.27. The van der Waals surface area contributed by atoms with Crippen LogP contribution in [0, 0.1) is 5.41 Å². The number of aliphatic hydroxyl groups is 2. The van der Waals surface area contributed by atoms with Crippen LogP contribution in [0.5, 0.6) is 0 Å². The molecule has 0 unspecified atom stereocenters. The van der Waals surface area contributed by atoms with Crippen LogP contribution in [0.2, 0.25) is 0 Å². The van der Waals surface area contributed by atoms with Crippen molar-refractivity contribution < 1.29 is 42.5 Å². The standard InChI is InChI=1S/C23H21F3N2O6/c24-23(25,26)19(31)27-11-10-22(33)16-8-4-5-9-17(16)28(18(30)21(22,13-27)14-29)20(32)34-12-15-6-2-1-3-7-15/h1-9,29,33H,10-14H2/t21-,22+/m0/s1. The number of ether oxygens (including phenoxy) is 1. The van der Waals surface area contributed by atoms with Crippen LogP contribution in [0.1, 0.15) is 17.5 Å². The van der Waals surface area contributed by atoms with Gasteiger partial charge in [-0.2, -0.15) is 13.2 Å². The number of halogens is 3. The van der Waals surface area contributed by atoms with Crippen LogP contribution < -0.4 is 4.90 Å². The number of fused-ring (bicyclic) bond motifs is 3. The van der Waals surface area contributed by atoms with E-state index in [0.717, 1.165) is 0 Å². The Balaban J connectivity index is 1.75. The maximum Gasteiger partial charge on any atom is 0.471 e. The predicted octanol–water partition coefficient (Wildman–Crippen LogP) is 2.33. The molecule has 2 heterocycles. The summed E-state index contributed by atoms with van der Waals surface area (Å²) in [6.07, 6.45) is -6.79. The molecule has 3 amide bonds. The van der Waals surface area contributed by atoms with Gasteiger partial charge in [0.25, 0.3) is 0 Å². The Hall–Kier alpha value is -3.44. The van der Waals surface area contributed by atoms with Crippen LogP contribution in [0.3, 0.4) is 0 Å². The summed E-state index contributed by atoms with van der Waals surface area (Å²) in [5.74, 6) is -3.36. The second-order valence-electron chi connectivity index (χ2n) is 8.27. The number of anilines is 1. The fourth-order valence-electron chi connectivity index (χ4n) is 4.62. The van der Waals surface area contributed by atoms with Gasteiger partial charge in [-0.05, 0) is 18.1 Å². The highest BCUT2D eigenvalue weighted by Crippen LogP contribution is 2.54. The molecular formula is C23H21F3N2O6. The molecule has 0 saturated carbocycles. The van der Waals surface area contributed by atoms with Crippen LogP contribution in [0.4, 0.5) is 23.7 Å². The zero-order valence-corrected chi connectivity index (χ0v) is 17.8. The lowest BCUT2D eigenvalue weighted by atomic mass is 9.61. The van der Waals surface area contributed by atoms with E-state index in [1.165, 1.54) is 24.3 Å². The van der Waals surface area contributed by atoms with Crippen molar-refractivity contribution in [2.75, 3.05) is 24.6 Å². The highest BCUT2D eigenvalue weighted by Gasteiger charge is 2.66. The van der Waals surface area contributed by atoms with E-state index in [1.54, 1.807) is 30.3 Å². The molecule has 2 N–H and O–H groups in total. The monoisotopic (exact) mass is 478 g/mol. The van der Waals surface area contributed by atoms with Crippen molar-refractivity contribution in [3.8, 4) is 0 Å². The van der Waals surface area contributed by atoms with Gasteiger partial charge in [-0.1, -0.05) is 48.5 Å². The molecule has 0 bridgehead atoms. The maximum absolute atomic E-state index is 13.6. The number of alkyl halides is 3. The van der Waals surface area contributed by atoms with Crippen LogP contribution >= 0.6 is 0 Å². The van der Waals surface area contributed by atoms with Gasteiger partial charge in [0.1, 0.15) is 17.6 Å². The summed E-state index contributed by atoms with van der Waals surface area (Å²) < 4.78 is 44.6. The summed E-state index contributed by atoms with van der Waals surface area (Å²) in [5, 5.41) is 21.9. The molecule has 2 aromatic rings. The number of benzene rings is 2. The van der Waals surface area contributed by atoms with Crippen molar-refractivity contribution in [2.45, 2.75) is 24.8 Å². The minimum atomic E-state index is -5.21. The fourth-order valence-corrected chi connectivity index (χ4v) is 4.62. The Morgan fingerprint density at radius 3 is 2.35 bits per heavy atom. The Bertz CT molecular complexity index is 1130. The average Bonchev–Trinajstić information content (AvgIpc) is 2.82. The molecule has 0 aromatic heterocycles. The molecule has 34 heavy (non-hydrogen) atoms. The molecule has 0 aliphatic carbocycles. The molecule has 1 fully saturated rings. The van der Waals surface area contributed by atoms with Crippen LogP contribution in [0.15, 0.2) is 54.6 Å². The molecule has 0 spiro atoms. The summed E-state index contributed by atoms with van der Waals surface area (Å²) in [6, 6.07) is 14.4. The Labute approximate surface area is 192 Å². The number of hydrogen-bond acceptors (Lipinski definition) is 6. The summed E-state index contributed by atoms with van der Waals surface area (Å²) in [6.45, 7) is -2.74. The van der Waals surface area contributed by atoms with E-state index in [9.17, 15) is 37.8 Å². The first-order valence-electron chi connectivity index (χ1n) is 10.4. The van der Waals surface area contributed by atoms with Gasteiger partial charge >= 0.3 is 18.2 Å². The van der Waals surface area contributed by atoms with Crippen molar-refractivity contribution in [2.24, 2.45) is 5.41 Å². The van der Waals surface area contributed by atoms with Gasteiger partial charge in [-0.25, -0.2) is 9.69 Å². The minimum absolute atomic E-state index is 0.00673. The zero-order valence-electron chi connectivity index (χ0n) is 17.8. The van der Waals surface area contributed by atoms with Gasteiger partial charge in [0.05, 0.1) is 12.3 Å². The number of para-hydroxylation sites is 1. The topological polar surface area (TPSA) is 107 Å². The van der Waals surface area contributed by atoms with Gasteiger partial charge in [0.15, 0.2) is 0 Å². The van der Waals surface area contributed by atoms with E-state index in [-0.39, 0.29) is 17.9 Å². The van der Waals surface area contributed by atoms with E-state index in [1.807, 2.05) is 0 Å². The molecule has 180 valence electrons. The van der Waals surface area contributed by atoms with Gasteiger partial charge in [0, 0.05) is 18.7 Å². The SMILES string of the molecule is O=C(OCc1ccccc1)N1C(=O)[C@@]2(CO)CN(C(=O)C(F)(F)F)CC[C@@]2(O)c2ccccc21. The summed E-state index contributed by atoms with van der Waals surface area (Å²) >= 11 is 0. The molecule has 2 aliphatic rings. The van der Waals surface area contributed by atoms with Crippen molar-refractivity contribution in [3.05, 3.63) is 65.7 Å². The summed E-state index contributed by atoms with van der Waals surface area (Å²) in [5.41, 5.74) is -3.74. The zero-order chi connectivity index (χ0) is 24.7. The van der Waals surface area contributed by atoms with Crippen molar-refractivity contribution in [3.63, 3.8) is 0 Å². The first-order chi connectivity index (χ1) is 16.0. The number of carbonyl (C=O) groups excluding carboxylic acids is 3. The first-order valence-corrected chi connectivity index (χ1v) is 10.4. The number of nitrogens with zero attached hydrogens (tertiary/aromatic N) is 2. The van der Waals surface area contributed by atoms with Crippen LogP contribution in [0.25, 0.3) is 0 Å². The number of carbonyl (C=O) groups is 3. The highest BCUT2D eigenvalue weighted by molar-refractivity contribution is 6.17. The van der Waals surface area contributed by atoms with Gasteiger partial charge in [-0.15, -0.1) is 0 Å². The van der Waals surface area contributed by atoms with E-state index in [4.69, 9.17) is 4.74 Å². The first kappa shape index (κ1) is 23.7. The molecule has 2 aliphatic heterocycles. The summed E-state index contributed by atoms with van der Waals surface area (Å²) in [7, 11) is 0. The molecule has 1 saturated heterocycles. The number of likely N-dealkylation sites (tertiary alicyclic amines) is 1. The number of rotatable bonds is 3. The lowest BCUT2D eigenvalue weighted by Crippen LogP contribution is -2.71. The van der Waals surface area contributed by atoms with Crippen molar-refractivity contribution in [1.82, 2.24) is 4.90 Å². The normalized spacial score (nSPS) is 24.3. The Morgan fingerprint density at radius 2 is 1.71 bits per heavy atom. The molecule has 0 radical (unpaired) electrons. The third-order valence-electron chi connectivity index (χ3n) is 6.39. The smallest absolute Gasteiger partial charge is 0.444 e. The maximum atomic E-state index is 13.6. The molecule has 2 aromatic carbocycles. The highest BCUT2D eigenvalue weighted by atomic mass is 19.4. The average molecular weight is 478 g/mol. The number of aliphatic hydroxyl groups excluding tert-OH is 1. The van der Waals surface area contributed by atoms with E-state index in [0.29, 0.717) is 15.4 Å². The largest absolute Gasteiger partial charge is 0.471 e. The van der Waals surface area contributed by atoms with Crippen molar-refractivity contribution in [1.29, 1.82) is 0 Å². The van der Waals surface area contributed by atoms with Gasteiger partial charge < -0.3 is 19.8 Å². The molecular weight excluding hydrogens is 457 g/mol. The fraction of sp³-hybridized carbons (Fsp3) is 0.348. The lowest BCUT2D eigenvalue weighted by Gasteiger charge is -2.55. The third-order valence-corrected chi connectivity index (χ3v) is 6.39. The molecule has 8 nitrogen and oxygen atoms in total. The van der Waals surface area contributed by atoms with Crippen molar-refractivity contribution >= 4 is 23.6 Å². The number of imide groups is 1. The lowest BCUT2D eigenvalue weighted by molar-refractivity contribution is -0.205. The third kappa shape index (κ3) is 3.61. The number of hydrogen-bond donors (Lipinski definition) is 2. The second kappa shape index (κ2) is 8.41. The van der Waals surface area contributed by atoms with Crippen LogP contribution in [-0.4, -0.2) is 58.9 Å². The van der Waals surface area contributed by atoms with E-state index >= 15 is 0 Å². The van der Waals surface area contributed by atoms with E-state index < -0.39 is 61.2 Å². The molecule has 4 rings (SSSR count).